The number of rotatable bonds is 4. The molecule has 0 saturated heterocycles. The van der Waals surface area contributed by atoms with Crippen LogP contribution in [0.3, 0.4) is 0 Å². The van der Waals surface area contributed by atoms with E-state index in [1.165, 1.54) is 6.92 Å². The molecule has 0 aromatic heterocycles. The molecule has 0 amide bonds. The standard InChI is InChI=1S/C11H11F3O4/c1-2-18-10(17)11(13,14)9(16)6-3-4-8(15)7(12)5-6/h3-5,9,15-16H,2H2,1H3. The van der Waals surface area contributed by atoms with E-state index >= 15 is 0 Å². The van der Waals surface area contributed by atoms with Gasteiger partial charge in [-0.15, -0.1) is 0 Å². The van der Waals surface area contributed by atoms with Crippen molar-refractivity contribution in [3.63, 3.8) is 0 Å². The van der Waals surface area contributed by atoms with Crippen molar-refractivity contribution in [1.82, 2.24) is 0 Å². The molecular formula is C11H11F3O4. The number of aliphatic hydroxyl groups excluding tert-OH is 1. The Hall–Kier alpha value is -1.76. The Morgan fingerprint density at radius 2 is 2.11 bits per heavy atom. The fourth-order valence-corrected chi connectivity index (χ4v) is 1.24. The van der Waals surface area contributed by atoms with Gasteiger partial charge in [0.15, 0.2) is 17.7 Å². The molecule has 0 aliphatic rings. The second-order valence-corrected chi connectivity index (χ2v) is 3.46. The van der Waals surface area contributed by atoms with Crippen molar-refractivity contribution in [3.05, 3.63) is 29.6 Å². The van der Waals surface area contributed by atoms with Crippen LogP contribution in [0.4, 0.5) is 13.2 Å². The smallest absolute Gasteiger partial charge is 0.380 e. The minimum Gasteiger partial charge on any atom is -0.505 e. The molecule has 0 bridgehead atoms. The van der Waals surface area contributed by atoms with E-state index < -0.39 is 35.1 Å². The van der Waals surface area contributed by atoms with Crippen LogP contribution in [0.25, 0.3) is 0 Å². The molecule has 7 heteroatoms. The minimum atomic E-state index is -4.20. The number of phenols is 1. The van der Waals surface area contributed by atoms with Crippen molar-refractivity contribution in [2.75, 3.05) is 6.61 Å². The molecule has 2 N–H and O–H groups in total. The Kier molecular flexibility index (Phi) is 4.18. The highest BCUT2D eigenvalue weighted by Crippen LogP contribution is 2.33. The van der Waals surface area contributed by atoms with Crippen LogP contribution in [-0.4, -0.2) is 28.7 Å². The largest absolute Gasteiger partial charge is 0.505 e. The lowest BCUT2D eigenvalue weighted by Crippen LogP contribution is -2.37. The van der Waals surface area contributed by atoms with Crippen LogP contribution in [0.1, 0.15) is 18.6 Å². The fourth-order valence-electron chi connectivity index (χ4n) is 1.24. The lowest BCUT2D eigenvalue weighted by atomic mass is 10.0. The molecule has 0 heterocycles. The van der Waals surface area contributed by atoms with E-state index in [4.69, 9.17) is 5.11 Å². The number of hydrogen-bond acceptors (Lipinski definition) is 4. The highest BCUT2D eigenvalue weighted by atomic mass is 19.3. The van der Waals surface area contributed by atoms with Crippen molar-refractivity contribution in [2.24, 2.45) is 0 Å². The van der Waals surface area contributed by atoms with Crippen LogP contribution in [0.15, 0.2) is 18.2 Å². The summed E-state index contributed by atoms with van der Waals surface area (Å²) < 4.78 is 43.9. The molecule has 0 fully saturated rings. The molecule has 1 atom stereocenters. The summed E-state index contributed by atoms with van der Waals surface area (Å²) in [6, 6.07) is 2.21. The van der Waals surface area contributed by atoms with Gasteiger partial charge in [-0.1, -0.05) is 6.07 Å². The van der Waals surface area contributed by atoms with E-state index in [-0.39, 0.29) is 6.61 Å². The number of phenolic OH excluding ortho intramolecular Hbond substituents is 1. The van der Waals surface area contributed by atoms with Crippen LogP contribution in [-0.2, 0) is 9.53 Å². The summed E-state index contributed by atoms with van der Waals surface area (Å²) in [7, 11) is 0. The zero-order chi connectivity index (χ0) is 13.9. The molecule has 100 valence electrons. The van der Waals surface area contributed by atoms with Gasteiger partial charge in [-0.3, -0.25) is 0 Å². The number of carbonyl (C=O) groups excluding carboxylic acids is 1. The van der Waals surface area contributed by atoms with E-state index in [2.05, 4.69) is 4.74 Å². The average Bonchev–Trinajstić information content (AvgIpc) is 2.32. The first-order valence-electron chi connectivity index (χ1n) is 5.02. The van der Waals surface area contributed by atoms with Gasteiger partial charge in [-0.05, 0) is 24.6 Å². The van der Waals surface area contributed by atoms with E-state index in [1.807, 2.05) is 0 Å². The quantitative estimate of drug-likeness (QED) is 0.813. The Labute approximate surface area is 101 Å². The molecule has 1 aromatic carbocycles. The molecule has 0 aliphatic carbocycles. The number of ether oxygens (including phenoxy) is 1. The van der Waals surface area contributed by atoms with Crippen molar-refractivity contribution in [1.29, 1.82) is 0 Å². The summed E-state index contributed by atoms with van der Waals surface area (Å²) in [4.78, 5) is 11.0. The van der Waals surface area contributed by atoms with E-state index in [1.54, 1.807) is 0 Å². The molecule has 0 saturated carbocycles. The SMILES string of the molecule is CCOC(=O)C(F)(F)C(O)c1ccc(O)c(F)c1. The van der Waals surface area contributed by atoms with Gasteiger partial charge in [-0.2, -0.15) is 8.78 Å². The van der Waals surface area contributed by atoms with Crippen molar-refractivity contribution in [2.45, 2.75) is 19.0 Å². The first-order chi connectivity index (χ1) is 8.30. The molecular weight excluding hydrogens is 253 g/mol. The second kappa shape index (κ2) is 5.26. The zero-order valence-electron chi connectivity index (χ0n) is 9.36. The molecule has 0 radical (unpaired) electrons. The van der Waals surface area contributed by atoms with Crippen molar-refractivity contribution in [3.8, 4) is 5.75 Å². The number of alkyl halides is 2. The molecule has 1 aromatic rings. The molecule has 0 spiro atoms. The number of carbonyl (C=O) groups is 1. The Morgan fingerprint density at radius 3 is 2.61 bits per heavy atom. The minimum absolute atomic E-state index is 0.273. The maximum Gasteiger partial charge on any atom is 0.380 e. The van der Waals surface area contributed by atoms with Crippen LogP contribution in [0.2, 0.25) is 0 Å². The molecule has 4 nitrogen and oxygen atoms in total. The van der Waals surface area contributed by atoms with Crippen LogP contribution >= 0.6 is 0 Å². The third-order valence-electron chi connectivity index (χ3n) is 2.18. The summed E-state index contributed by atoms with van der Waals surface area (Å²) in [5.41, 5.74) is -0.539. The van der Waals surface area contributed by atoms with Gasteiger partial charge in [0.05, 0.1) is 6.61 Å². The van der Waals surface area contributed by atoms with Gasteiger partial charge in [0.25, 0.3) is 0 Å². The van der Waals surface area contributed by atoms with Crippen LogP contribution in [0.5, 0.6) is 5.75 Å². The summed E-state index contributed by atoms with van der Waals surface area (Å²) in [6.07, 6.45) is -2.55. The van der Waals surface area contributed by atoms with Crippen LogP contribution < -0.4 is 0 Å². The normalized spacial score (nSPS) is 13.2. The van der Waals surface area contributed by atoms with Crippen molar-refractivity contribution >= 4 is 5.97 Å². The van der Waals surface area contributed by atoms with Crippen molar-refractivity contribution < 1.29 is 32.9 Å². The third kappa shape index (κ3) is 2.73. The summed E-state index contributed by atoms with van der Waals surface area (Å²) in [6.45, 7) is 1.06. The molecule has 1 unspecified atom stereocenters. The molecule has 0 aliphatic heterocycles. The topological polar surface area (TPSA) is 66.8 Å². The summed E-state index contributed by atoms with van der Waals surface area (Å²) in [5.74, 6) is -8.01. The summed E-state index contributed by atoms with van der Waals surface area (Å²) >= 11 is 0. The predicted molar refractivity (Wildman–Crippen MR) is 54.6 cm³/mol. The highest BCUT2D eigenvalue weighted by molar-refractivity contribution is 5.78. The van der Waals surface area contributed by atoms with Gasteiger partial charge < -0.3 is 14.9 Å². The number of esters is 1. The zero-order valence-corrected chi connectivity index (χ0v) is 9.36. The second-order valence-electron chi connectivity index (χ2n) is 3.46. The number of aromatic hydroxyl groups is 1. The van der Waals surface area contributed by atoms with E-state index in [0.29, 0.717) is 6.07 Å². The Bertz CT molecular complexity index is 448. The number of aliphatic hydroxyl groups is 1. The first-order valence-corrected chi connectivity index (χ1v) is 5.02. The average molecular weight is 264 g/mol. The fraction of sp³-hybridized carbons (Fsp3) is 0.364. The predicted octanol–water partition coefficient (Wildman–Crippen LogP) is 1.76. The lowest BCUT2D eigenvalue weighted by molar-refractivity contribution is -0.189. The number of benzene rings is 1. The van der Waals surface area contributed by atoms with E-state index in [0.717, 1.165) is 12.1 Å². The van der Waals surface area contributed by atoms with Gasteiger partial charge >= 0.3 is 11.9 Å². The number of hydrogen-bond donors (Lipinski definition) is 2. The maximum atomic E-state index is 13.4. The lowest BCUT2D eigenvalue weighted by Gasteiger charge is -2.20. The Morgan fingerprint density at radius 1 is 1.50 bits per heavy atom. The molecule has 1 rings (SSSR count). The van der Waals surface area contributed by atoms with E-state index in [9.17, 15) is 23.1 Å². The van der Waals surface area contributed by atoms with Gasteiger partial charge in [-0.25, -0.2) is 9.18 Å². The third-order valence-corrected chi connectivity index (χ3v) is 2.18. The summed E-state index contributed by atoms with van der Waals surface area (Å²) in [5, 5.41) is 18.2. The number of halogens is 3. The highest BCUT2D eigenvalue weighted by Gasteiger charge is 2.49. The van der Waals surface area contributed by atoms with Gasteiger partial charge in [0.1, 0.15) is 0 Å². The van der Waals surface area contributed by atoms with Gasteiger partial charge in [0, 0.05) is 0 Å². The Balaban J connectivity index is 3.01. The maximum absolute atomic E-state index is 13.4. The van der Waals surface area contributed by atoms with Gasteiger partial charge in [0.2, 0.25) is 0 Å². The monoisotopic (exact) mass is 264 g/mol. The molecule has 18 heavy (non-hydrogen) atoms. The van der Waals surface area contributed by atoms with Crippen LogP contribution in [0, 0.1) is 5.82 Å². The first kappa shape index (κ1) is 14.3.